The third-order valence-corrected chi connectivity index (χ3v) is 6.94. The minimum atomic E-state index is -1.52. The van der Waals surface area contributed by atoms with Crippen LogP contribution in [-0.4, -0.2) is 109 Å². The van der Waals surface area contributed by atoms with Crippen molar-refractivity contribution in [3.63, 3.8) is 0 Å². The number of nitrogens with two attached hydrogens (primary N) is 1. The van der Waals surface area contributed by atoms with Crippen LogP contribution in [0.15, 0.2) is 45.3 Å². The second-order valence-corrected chi connectivity index (χ2v) is 13.1. The van der Waals surface area contributed by atoms with Crippen LogP contribution in [0.5, 0.6) is 0 Å². The number of aliphatic hydroxyl groups excluding tert-OH is 2. The number of esters is 3. The van der Waals surface area contributed by atoms with E-state index in [1.54, 1.807) is 39.0 Å². The lowest BCUT2D eigenvalue weighted by molar-refractivity contribution is -0.152. The van der Waals surface area contributed by atoms with Crippen LogP contribution >= 0.6 is 31.9 Å². The zero-order valence-corrected chi connectivity index (χ0v) is 31.5. The largest absolute Gasteiger partial charge is 0.467 e. The van der Waals surface area contributed by atoms with Gasteiger partial charge in [-0.05, 0) is 45.0 Å². The van der Waals surface area contributed by atoms with E-state index in [2.05, 4.69) is 56.2 Å². The smallest absolute Gasteiger partial charge is 0.422 e. The van der Waals surface area contributed by atoms with E-state index in [1.165, 1.54) is 37.4 Å². The molecule has 2 aromatic rings. The first kappa shape index (κ1) is 44.7. The summed E-state index contributed by atoms with van der Waals surface area (Å²) < 4.78 is 51.6. The summed E-state index contributed by atoms with van der Waals surface area (Å²) >= 11 is 6.31. The molecule has 0 saturated carbocycles. The minimum absolute atomic E-state index is 0.0766. The molecule has 280 valence electrons. The van der Waals surface area contributed by atoms with Gasteiger partial charge in [0.05, 0.1) is 41.0 Å². The summed E-state index contributed by atoms with van der Waals surface area (Å²) in [6, 6.07) is 9.01. The predicted octanol–water partition coefficient (Wildman–Crippen LogP) is 2.72. The molecule has 1 aliphatic heterocycles. The fraction of sp³-hybridized carbons (Fsp3) is 0.484. The van der Waals surface area contributed by atoms with Crippen LogP contribution < -0.4 is 11.3 Å². The Kier molecular flexibility index (Phi) is 19.5. The molecule has 15 nitrogen and oxygen atoms in total. The maximum absolute atomic E-state index is 14.0. The number of hydrogen-bond acceptors (Lipinski definition) is 14. The van der Waals surface area contributed by atoms with Crippen molar-refractivity contribution in [1.29, 1.82) is 0 Å². The van der Waals surface area contributed by atoms with Crippen molar-refractivity contribution in [2.45, 2.75) is 57.8 Å². The van der Waals surface area contributed by atoms with Crippen LogP contribution in [-0.2, 0) is 51.2 Å². The Morgan fingerprint density at radius 1 is 0.900 bits per heavy atom. The molecule has 2 aromatic carbocycles. The molecule has 0 aliphatic carbocycles. The number of aliphatic hydroxyl groups is 2. The van der Waals surface area contributed by atoms with E-state index in [0.717, 1.165) is 12.1 Å². The molecule has 1 aliphatic rings. The van der Waals surface area contributed by atoms with Crippen LogP contribution in [0.2, 0.25) is 0 Å². The molecule has 3 rings (SSSR count). The minimum Gasteiger partial charge on any atom is -0.467 e. The first-order chi connectivity index (χ1) is 23.3. The number of ether oxygens (including phenoxy) is 5. The predicted molar refractivity (Wildman–Crippen MR) is 180 cm³/mol. The lowest BCUT2D eigenvalue weighted by Crippen LogP contribution is -2.49. The first-order valence-electron chi connectivity index (χ1n) is 14.6. The number of halogens is 4. The molecule has 0 aromatic heterocycles. The Morgan fingerprint density at radius 2 is 1.36 bits per heavy atom. The average Bonchev–Trinajstić information content (AvgIpc) is 3.88. The Morgan fingerprint density at radius 3 is 1.74 bits per heavy atom. The summed E-state index contributed by atoms with van der Waals surface area (Å²) in [5.41, 5.74) is 2.30. The molecular weight excluding hydrogens is 802 g/mol. The van der Waals surface area contributed by atoms with Crippen molar-refractivity contribution in [1.82, 2.24) is 15.4 Å². The number of nitrogens with zero attached hydrogens (tertiary/aromatic N) is 2. The molecule has 1 amide bonds. The van der Waals surface area contributed by atoms with Gasteiger partial charge in [-0.3, -0.25) is 11.3 Å². The molecule has 1 fully saturated rings. The van der Waals surface area contributed by atoms with E-state index in [0.29, 0.717) is 21.1 Å². The van der Waals surface area contributed by atoms with Crippen molar-refractivity contribution < 1.29 is 61.9 Å². The molecule has 5 N–H and O–H groups in total. The number of carbonyl (C=O) groups is 4. The average molecular weight is 844 g/mol. The van der Waals surface area contributed by atoms with Gasteiger partial charge in [-0.15, -0.1) is 0 Å². The summed E-state index contributed by atoms with van der Waals surface area (Å²) in [6.07, 6.45) is -3.90. The standard InChI is InChI=1S/C16H22BrFN2O5.C11H14BrFN2O3.C4H6O3/c1-16(2,3)25-15(23)19-20(9-13(21)14(22)24-4)8-10-5-6-11(17)7-12(10)18;1-18-11(17)10(16)6-15(14)5-7-2-3-8(12)4-9(7)13;1-6-4(5)3-2-7-3/h5-7,13,21H,8-9H2,1-4H3,(H,19,23);2-4,10,16H,5-6,14H2,1H3;3H,2H2,1H3/t13-;10-;3-/m111/s1. The second-order valence-electron chi connectivity index (χ2n) is 11.3. The summed E-state index contributed by atoms with van der Waals surface area (Å²) in [4.78, 5) is 44.6. The van der Waals surface area contributed by atoms with Gasteiger partial charge in [0.2, 0.25) is 0 Å². The molecule has 0 bridgehead atoms. The lowest BCUT2D eigenvalue weighted by atomic mass is 10.2. The highest BCUT2D eigenvalue weighted by molar-refractivity contribution is 9.10. The Labute approximate surface area is 305 Å². The van der Waals surface area contributed by atoms with Crippen molar-refractivity contribution in [2.24, 2.45) is 5.84 Å². The van der Waals surface area contributed by atoms with Crippen LogP contribution in [0.3, 0.4) is 0 Å². The summed E-state index contributed by atoms with van der Waals surface area (Å²) in [7, 11) is 3.65. The maximum Gasteiger partial charge on any atom is 0.422 e. The second kappa shape index (κ2) is 21.8. The van der Waals surface area contributed by atoms with Crippen molar-refractivity contribution in [2.75, 3.05) is 41.0 Å². The highest BCUT2D eigenvalue weighted by Gasteiger charge is 2.32. The third-order valence-electron chi connectivity index (χ3n) is 5.96. The van der Waals surface area contributed by atoms with E-state index >= 15 is 0 Å². The van der Waals surface area contributed by atoms with Crippen LogP contribution in [0.1, 0.15) is 31.9 Å². The van der Waals surface area contributed by atoms with Crippen molar-refractivity contribution in [3.05, 3.63) is 68.1 Å². The number of epoxide rings is 1. The zero-order valence-electron chi connectivity index (χ0n) is 28.3. The quantitative estimate of drug-likeness (QED) is 0.0799. The van der Waals surface area contributed by atoms with Crippen molar-refractivity contribution >= 4 is 55.9 Å². The normalized spacial score (nSPS) is 14.6. The highest BCUT2D eigenvalue weighted by Crippen LogP contribution is 2.18. The van der Waals surface area contributed by atoms with Gasteiger partial charge in [0.1, 0.15) is 17.2 Å². The van der Waals surface area contributed by atoms with Gasteiger partial charge in [0.25, 0.3) is 0 Å². The van der Waals surface area contributed by atoms with Gasteiger partial charge in [-0.1, -0.05) is 44.0 Å². The topological polar surface area (TPSA) is 203 Å². The van der Waals surface area contributed by atoms with Gasteiger partial charge >= 0.3 is 24.0 Å². The number of carbonyl (C=O) groups excluding carboxylic acids is 4. The number of nitrogens with one attached hydrogen (secondary N) is 1. The highest BCUT2D eigenvalue weighted by atomic mass is 79.9. The van der Waals surface area contributed by atoms with Gasteiger partial charge in [-0.2, -0.15) is 0 Å². The molecule has 0 radical (unpaired) electrons. The van der Waals surface area contributed by atoms with Gasteiger partial charge in [-0.25, -0.2) is 38.0 Å². The van der Waals surface area contributed by atoms with E-state index in [1.807, 2.05) is 0 Å². The Balaban J connectivity index is 0.000000431. The number of amides is 1. The monoisotopic (exact) mass is 842 g/mol. The van der Waals surface area contributed by atoms with Crippen LogP contribution in [0, 0.1) is 11.6 Å². The summed E-state index contributed by atoms with van der Waals surface area (Å²) in [5.74, 6) is 2.77. The Hall–Kier alpha value is -3.30. The summed E-state index contributed by atoms with van der Waals surface area (Å²) in [5, 5.41) is 21.5. The third kappa shape index (κ3) is 18.1. The SMILES string of the molecule is COC(=O)[C@H](O)CN(Cc1ccc(Br)cc1F)NC(=O)OC(C)(C)C.COC(=O)[C@H](O)CN(N)Cc1ccc(Br)cc1F.COC(=O)[C@H]1CO1. The molecule has 0 unspecified atom stereocenters. The first-order valence-corrected chi connectivity index (χ1v) is 16.2. The fourth-order valence-corrected chi connectivity index (χ4v) is 4.20. The molecule has 0 spiro atoms. The number of benzene rings is 2. The van der Waals surface area contributed by atoms with E-state index in [-0.39, 0.29) is 43.8 Å². The van der Waals surface area contributed by atoms with Gasteiger partial charge < -0.3 is 33.9 Å². The molecule has 3 atom stereocenters. The molecule has 50 heavy (non-hydrogen) atoms. The summed E-state index contributed by atoms with van der Waals surface area (Å²) in [6.45, 7) is 5.15. The number of hydrazine groups is 2. The number of hydrogen-bond donors (Lipinski definition) is 4. The van der Waals surface area contributed by atoms with Crippen molar-refractivity contribution in [3.8, 4) is 0 Å². The molecule has 19 heteroatoms. The fourth-order valence-electron chi connectivity index (χ4n) is 3.54. The lowest BCUT2D eigenvalue weighted by Gasteiger charge is -2.27. The molecular formula is C31H42Br2F2N4O11. The molecule has 1 saturated heterocycles. The van der Waals surface area contributed by atoms with E-state index in [4.69, 9.17) is 10.6 Å². The van der Waals surface area contributed by atoms with Crippen LogP contribution in [0.4, 0.5) is 13.6 Å². The maximum atomic E-state index is 14.0. The van der Waals surface area contributed by atoms with Crippen LogP contribution in [0.25, 0.3) is 0 Å². The van der Waals surface area contributed by atoms with E-state index in [9.17, 15) is 38.2 Å². The number of methoxy groups -OCH3 is 3. The van der Waals surface area contributed by atoms with E-state index < -0.39 is 47.5 Å². The number of rotatable bonds is 12. The molecule has 1 heterocycles. The van der Waals surface area contributed by atoms with Gasteiger partial charge in [0.15, 0.2) is 18.3 Å². The Bertz CT molecular complexity index is 1430. The van der Waals surface area contributed by atoms with Gasteiger partial charge in [0, 0.05) is 33.2 Å². The zero-order chi connectivity index (χ0) is 38.2.